The molecule has 2 saturated heterocycles. The number of nitrogens with zero attached hydrogens (tertiary/aromatic N) is 3. The van der Waals surface area contributed by atoms with E-state index in [4.69, 9.17) is 10.5 Å². The molecule has 1 amide bonds. The predicted octanol–water partition coefficient (Wildman–Crippen LogP) is 2.14. The van der Waals surface area contributed by atoms with Crippen LogP contribution in [0, 0.1) is 5.92 Å². The number of benzene rings is 1. The molecule has 2 aromatic rings. The number of primary amides is 1. The Kier molecular flexibility index (Phi) is 5.31. The number of hydrogen-bond acceptors (Lipinski definition) is 5. The second-order valence-corrected chi connectivity index (χ2v) is 8.94. The number of hydrogen-bond donors (Lipinski definition) is 1. The van der Waals surface area contributed by atoms with E-state index in [9.17, 15) is 4.79 Å². The molecule has 30 heavy (non-hydrogen) atoms. The number of aromatic nitrogens is 1. The largest absolute Gasteiger partial charge is 0.379 e. The van der Waals surface area contributed by atoms with Gasteiger partial charge in [0.25, 0.3) is 5.91 Å². The molecule has 2 aliphatic heterocycles. The van der Waals surface area contributed by atoms with Gasteiger partial charge in [-0.1, -0.05) is 24.3 Å². The lowest BCUT2D eigenvalue weighted by molar-refractivity contribution is 0.0362. The Balaban J connectivity index is 1.21. The lowest BCUT2D eigenvalue weighted by Crippen LogP contribution is -2.38. The van der Waals surface area contributed by atoms with Crippen LogP contribution in [-0.2, 0) is 10.2 Å². The van der Waals surface area contributed by atoms with E-state index in [1.807, 2.05) is 0 Å². The molecule has 3 aliphatic rings. The predicted molar refractivity (Wildman–Crippen MR) is 116 cm³/mol. The first-order valence-corrected chi connectivity index (χ1v) is 11.0. The molecular weight excluding hydrogens is 376 g/mol. The lowest BCUT2D eigenvalue weighted by atomic mass is 9.93. The first kappa shape index (κ1) is 19.7. The van der Waals surface area contributed by atoms with Gasteiger partial charge in [-0.2, -0.15) is 0 Å². The summed E-state index contributed by atoms with van der Waals surface area (Å²) in [6, 6.07) is 12.1. The Hall–Kier alpha value is -2.28. The van der Waals surface area contributed by atoms with E-state index in [0.717, 1.165) is 44.3 Å². The Morgan fingerprint density at radius 1 is 1.13 bits per heavy atom. The summed E-state index contributed by atoms with van der Waals surface area (Å²) in [6.45, 7) is 8.66. The van der Waals surface area contributed by atoms with Gasteiger partial charge in [0.15, 0.2) is 0 Å². The third-order valence-electron chi connectivity index (χ3n) is 7.08. The van der Waals surface area contributed by atoms with Gasteiger partial charge in [0, 0.05) is 43.4 Å². The molecular formula is C24H30N4O2. The Morgan fingerprint density at radius 2 is 1.90 bits per heavy atom. The monoisotopic (exact) mass is 406 g/mol. The zero-order valence-electron chi connectivity index (χ0n) is 17.4. The minimum Gasteiger partial charge on any atom is -0.379 e. The number of rotatable bonds is 7. The molecule has 2 atom stereocenters. The zero-order valence-corrected chi connectivity index (χ0v) is 17.4. The van der Waals surface area contributed by atoms with Crippen LogP contribution in [0.15, 0.2) is 42.6 Å². The summed E-state index contributed by atoms with van der Waals surface area (Å²) >= 11 is 0. The van der Waals surface area contributed by atoms with Crippen LogP contribution in [0.5, 0.6) is 0 Å². The molecule has 6 heteroatoms. The molecule has 0 radical (unpaired) electrons. The normalized spacial score (nSPS) is 26.5. The minimum atomic E-state index is -0.438. The molecule has 1 aromatic carbocycles. The van der Waals surface area contributed by atoms with Crippen molar-refractivity contribution in [1.82, 2.24) is 14.8 Å². The number of morpholine rings is 1. The number of carbonyl (C=O) groups excluding carboxylic acids is 1. The van der Waals surface area contributed by atoms with E-state index >= 15 is 0 Å². The fraction of sp³-hybridized carbons (Fsp3) is 0.500. The van der Waals surface area contributed by atoms with Crippen molar-refractivity contribution in [3.8, 4) is 11.3 Å². The molecule has 158 valence electrons. The molecule has 1 saturated carbocycles. The van der Waals surface area contributed by atoms with Crippen molar-refractivity contribution in [2.45, 2.75) is 18.3 Å². The van der Waals surface area contributed by atoms with E-state index in [2.05, 4.69) is 39.0 Å². The molecule has 1 aliphatic carbocycles. The topological polar surface area (TPSA) is 71.7 Å². The van der Waals surface area contributed by atoms with Crippen LogP contribution in [0.2, 0.25) is 0 Å². The van der Waals surface area contributed by atoms with Gasteiger partial charge in [0.2, 0.25) is 0 Å². The standard InChI is InChI=1S/C24H30N4O2/c25-23(29)21-3-1-8-26-22(21)18-4-6-19(7-5-18)24-15-20(24)16-28(17-24)10-2-9-27-11-13-30-14-12-27/h1,3-8,20H,2,9-17H2,(H2,25,29)/t20-,24+/m0/s1. The SMILES string of the molecule is NC(=O)c1cccnc1-c1ccc([C@]23C[C@H]2CN(CCCN2CCOCC2)C3)cc1. The molecule has 3 heterocycles. The third-order valence-corrected chi connectivity index (χ3v) is 7.08. The molecule has 5 rings (SSSR count). The number of pyridine rings is 1. The minimum absolute atomic E-state index is 0.328. The molecule has 6 nitrogen and oxygen atoms in total. The van der Waals surface area contributed by atoms with Gasteiger partial charge in [-0.25, -0.2) is 0 Å². The summed E-state index contributed by atoms with van der Waals surface area (Å²) < 4.78 is 5.44. The molecule has 0 unspecified atom stereocenters. The number of likely N-dealkylation sites (tertiary alicyclic amines) is 1. The second-order valence-electron chi connectivity index (χ2n) is 8.94. The number of nitrogens with two attached hydrogens (primary N) is 1. The first-order valence-electron chi connectivity index (χ1n) is 11.0. The van der Waals surface area contributed by atoms with Gasteiger partial charge < -0.3 is 15.4 Å². The third kappa shape index (κ3) is 3.75. The lowest BCUT2D eigenvalue weighted by Gasteiger charge is -2.28. The summed E-state index contributed by atoms with van der Waals surface area (Å²) in [5.74, 6) is 0.342. The molecule has 3 fully saturated rings. The van der Waals surface area contributed by atoms with Crippen LogP contribution in [-0.4, -0.2) is 73.2 Å². The van der Waals surface area contributed by atoms with Gasteiger partial charge in [-0.3, -0.25) is 14.7 Å². The summed E-state index contributed by atoms with van der Waals surface area (Å²) in [7, 11) is 0. The fourth-order valence-corrected chi connectivity index (χ4v) is 5.34. The highest BCUT2D eigenvalue weighted by molar-refractivity contribution is 5.98. The zero-order chi connectivity index (χ0) is 20.6. The van der Waals surface area contributed by atoms with Crippen molar-refractivity contribution in [3.05, 3.63) is 53.7 Å². The van der Waals surface area contributed by atoms with Crippen molar-refractivity contribution in [1.29, 1.82) is 0 Å². The molecule has 0 spiro atoms. The Morgan fingerprint density at radius 3 is 2.67 bits per heavy atom. The second kappa shape index (κ2) is 8.10. The van der Waals surface area contributed by atoms with Crippen molar-refractivity contribution in [2.75, 3.05) is 52.5 Å². The Labute approximate surface area is 178 Å². The van der Waals surface area contributed by atoms with Crippen LogP contribution in [0.1, 0.15) is 28.8 Å². The maximum Gasteiger partial charge on any atom is 0.250 e. The van der Waals surface area contributed by atoms with Gasteiger partial charge in [-0.05, 0) is 49.5 Å². The summed E-state index contributed by atoms with van der Waals surface area (Å²) in [6.07, 6.45) is 4.23. The summed E-state index contributed by atoms with van der Waals surface area (Å²) in [5, 5.41) is 0. The van der Waals surface area contributed by atoms with E-state index in [1.54, 1.807) is 18.3 Å². The maximum absolute atomic E-state index is 11.7. The van der Waals surface area contributed by atoms with Crippen LogP contribution in [0.3, 0.4) is 0 Å². The van der Waals surface area contributed by atoms with Crippen molar-refractivity contribution >= 4 is 5.91 Å². The average Bonchev–Trinajstić information content (AvgIpc) is 3.36. The van der Waals surface area contributed by atoms with Gasteiger partial charge in [0.1, 0.15) is 0 Å². The van der Waals surface area contributed by atoms with E-state index < -0.39 is 5.91 Å². The summed E-state index contributed by atoms with van der Waals surface area (Å²) in [5.41, 5.74) is 9.35. The van der Waals surface area contributed by atoms with E-state index in [-0.39, 0.29) is 0 Å². The van der Waals surface area contributed by atoms with Crippen LogP contribution < -0.4 is 5.73 Å². The average molecular weight is 407 g/mol. The highest BCUT2D eigenvalue weighted by atomic mass is 16.5. The van der Waals surface area contributed by atoms with E-state index in [0.29, 0.717) is 16.7 Å². The molecule has 0 bridgehead atoms. The van der Waals surface area contributed by atoms with E-state index in [1.165, 1.54) is 38.0 Å². The first-order chi connectivity index (χ1) is 14.7. The summed E-state index contributed by atoms with van der Waals surface area (Å²) in [4.78, 5) is 21.3. The van der Waals surface area contributed by atoms with Crippen molar-refractivity contribution < 1.29 is 9.53 Å². The highest BCUT2D eigenvalue weighted by Gasteiger charge is 2.60. The number of fused-ring (bicyclic) bond motifs is 1. The number of piperidine rings is 1. The number of carbonyl (C=O) groups is 1. The number of ether oxygens (including phenoxy) is 1. The Bertz CT molecular complexity index is 910. The van der Waals surface area contributed by atoms with Gasteiger partial charge in [-0.15, -0.1) is 0 Å². The highest BCUT2D eigenvalue weighted by Crippen LogP contribution is 2.59. The quantitative estimate of drug-likeness (QED) is 0.763. The molecule has 2 N–H and O–H groups in total. The van der Waals surface area contributed by atoms with Crippen molar-refractivity contribution in [2.24, 2.45) is 11.7 Å². The number of amides is 1. The van der Waals surface area contributed by atoms with Crippen LogP contribution in [0.25, 0.3) is 11.3 Å². The van der Waals surface area contributed by atoms with Gasteiger partial charge in [0.05, 0.1) is 24.5 Å². The van der Waals surface area contributed by atoms with Crippen LogP contribution in [0.4, 0.5) is 0 Å². The maximum atomic E-state index is 11.7. The smallest absolute Gasteiger partial charge is 0.250 e. The fourth-order valence-electron chi connectivity index (χ4n) is 5.34. The van der Waals surface area contributed by atoms with Crippen molar-refractivity contribution in [3.63, 3.8) is 0 Å². The van der Waals surface area contributed by atoms with Gasteiger partial charge >= 0.3 is 0 Å². The van der Waals surface area contributed by atoms with Crippen LogP contribution >= 0.6 is 0 Å². The molecule has 1 aromatic heterocycles.